The monoisotopic (exact) mass is 301 g/mol. The molecule has 0 heterocycles. The Hall–Kier alpha value is -2.93. The van der Waals surface area contributed by atoms with Crippen LogP contribution in [0.4, 0.5) is 11.4 Å². The molecule has 0 saturated heterocycles. The van der Waals surface area contributed by atoms with Crippen LogP contribution in [0.15, 0.2) is 48.5 Å². The molecule has 7 nitrogen and oxygen atoms in total. The highest BCUT2D eigenvalue weighted by Crippen LogP contribution is 2.15. The molecule has 114 valence electrons. The van der Waals surface area contributed by atoms with Gasteiger partial charge in [-0.3, -0.25) is 14.9 Å². The summed E-state index contributed by atoms with van der Waals surface area (Å²) in [5.74, 6) is -0.266. The number of phenols is 1. The molecule has 0 fully saturated rings. The fourth-order valence-electron chi connectivity index (χ4n) is 1.88. The van der Waals surface area contributed by atoms with Crippen molar-refractivity contribution in [3.8, 4) is 5.75 Å². The van der Waals surface area contributed by atoms with Crippen molar-refractivity contribution in [2.75, 3.05) is 5.32 Å². The van der Waals surface area contributed by atoms with E-state index in [0.29, 0.717) is 5.69 Å². The van der Waals surface area contributed by atoms with Gasteiger partial charge in [-0.05, 0) is 36.2 Å². The summed E-state index contributed by atoms with van der Waals surface area (Å²) in [4.78, 5) is 22.1. The highest BCUT2D eigenvalue weighted by molar-refractivity contribution is 5.94. The molecule has 0 aliphatic heterocycles. The molecule has 0 bridgehead atoms. The maximum Gasteiger partial charge on any atom is 0.269 e. The number of nitrogens with one attached hydrogen (secondary N) is 1. The lowest BCUT2D eigenvalue weighted by Gasteiger charge is -2.12. The number of non-ortho nitro benzene ring substituents is 1. The first kappa shape index (κ1) is 15.5. The number of hydrogen-bond acceptors (Lipinski definition) is 5. The van der Waals surface area contributed by atoms with Crippen molar-refractivity contribution in [3.63, 3.8) is 0 Å². The van der Waals surface area contributed by atoms with Crippen molar-refractivity contribution in [1.82, 2.24) is 0 Å². The second kappa shape index (κ2) is 6.68. The van der Waals surface area contributed by atoms with E-state index in [1.807, 2.05) is 0 Å². The van der Waals surface area contributed by atoms with Gasteiger partial charge in [0.25, 0.3) is 5.69 Å². The van der Waals surface area contributed by atoms with Crippen LogP contribution in [0.25, 0.3) is 0 Å². The van der Waals surface area contributed by atoms with Crippen LogP contribution in [0.1, 0.15) is 5.56 Å². The van der Waals surface area contributed by atoms with E-state index in [-0.39, 0.29) is 23.8 Å². The van der Waals surface area contributed by atoms with Crippen molar-refractivity contribution in [3.05, 3.63) is 64.2 Å². The fraction of sp³-hybridized carbons (Fsp3) is 0.133. The molecule has 0 saturated carbocycles. The van der Waals surface area contributed by atoms with Gasteiger partial charge in [-0.15, -0.1) is 0 Å². The van der Waals surface area contributed by atoms with Gasteiger partial charge in [0.2, 0.25) is 5.91 Å². The number of benzene rings is 2. The molecule has 22 heavy (non-hydrogen) atoms. The third-order valence-corrected chi connectivity index (χ3v) is 3.07. The maximum atomic E-state index is 12.0. The minimum atomic E-state index is -0.782. The van der Waals surface area contributed by atoms with E-state index < -0.39 is 11.0 Å². The van der Waals surface area contributed by atoms with Crippen molar-refractivity contribution >= 4 is 17.3 Å². The highest BCUT2D eigenvalue weighted by atomic mass is 16.6. The van der Waals surface area contributed by atoms with Crippen LogP contribution in [0, 0.1) is 10.1 Å². The zero-order chi connectivity index (χ0) is 16.1. The average Bonchev–Trinajstić information content (AvgIpc) is 2.50. The van der Waals surface area contributed by atoms with Gasteiger partial charge >= 0.3 is 0 Å². The number of nitrogens with zero attached hydrogens (tertiary/aromatic N) is 1. The van der Waals surface area contributed by atoms with Crippen LogP contribution in [0.5, 0.6) is 5.75 Å². The number of nitrogens with two attached hydrogens (primary N) is 1. The SMILES string of the molecule is N[C@H](Cc1ccc([N+](=O)[O-])cc1)C(=O)Nc1ccc(O)cc1. The molecule has 0 aliphatic rings. The summed E-state index contributed by atoms with van der Waals surface area (Å²) in [7, 11) is 0. The Morgan fingerprint density at radius 3 is 2.32 bits per heavy atom. The largest absolute Gasteiger partial charge is 0.508 e. The van der Waals surface area contributed by atoms with Crippen LogP contribution in [-0.4, -0.2) is 22.0 Å². The Kier molecular flexibility index (Phi) is 4.70. The zero-order valence-electron chi connectivity index (χ0n) is 11.6. The number of hydrogen-bond donors (Lipinski definition) is 3. The third-order valence-electron chi connectivity index (χ3n) is 3.07. The van der Waals surface area contributed by atoms with E-state index >= 15 is 0 Å². The summed E-state index contributed by atoms with van der Waals surface area (Å²) in [6, 6.07) is 11.2. The van der Waals surface area contributed by atoms with Gasteiger partial charge in [0.1, 0.15) is 5.75 Å². The second-order valence-corrected chi connectivity index (χ2v) is 4.77. The zero-order valence-corrected chi connectivity index (χ0v) is 11.6. The standard InChI is InChI=1S/C15H15N3O4/c16-14(9-10-1-5-12(6-2-10)18(21)22)15(20)17-11-3-7-13(19)8-4-11/h1-8,14,19H,9,16H2,(H,17,20)/t14-/m1/s1. The predicted molar refractivity (Wildman–Crippen MR) is 81.5 cm³/mol. The van der Waals surface area contributed by atoms with Crippen molar-refractivity contribution in [2.24, 2.45) is 5.73 Å². The number of carbonyl (C=O) groups excluding carboxylic acids is 1. The van der Waals surface area contributed by atoms with Gasteiger partial charge in [0.05, 0.1) is 11.0 Å². The van der Waals surface area contributed by atoms with Crippen molar-refractivity contribution in [2.45, 2.75) is 12.5 Å². The maximum absolute atomic E-state index is 12.0. The van der Waals surface area contributed by atoms with Crippen LogP contribution >= 0.6 is 0 Å². The number of nitro benzene ring substituents is 1. The van der Waals surface area contributed by atoms with Crippen LogP contribution in [0.2, 0.25) is 0 Å². The van der Waals surface area contributed by atoms with Crippen molar-refractivity contribution in [1.29, 1.82) is 0 Å². The van der Waals surface area contributed by atoms with E-state index in [1.54, 1.807) is 24.3 Å². The average molecular weight is 301 g/mol. The quantitative estimate of drug-likeness (QED) is 0.442. The summed E-state index contributed by atoms with van der Waals surface area (Å²) >= 11 is 0. The predicted octanol–water partition coefficient (Wildman–Crippen LogP) is 1.81. The fourth-order valence-corrected chi connectivity index (χ4v) is 1.88. The molecule has 0 unspecified atom stereocenters. The summed E-state index contributed by atoms with van der Waals surface area (Å²) in [6.45, 7) is 0. The molecule has 4 N–H and O–H groups in total. The molecular formula is C15H15N3O4. The van der Waals surface area contributed by atoms with Crippen LogP contribution in [0.3, 0.4) is 0 Å². The van der Waals surface area contributed by atoms with Gasteiger partial charge in [0.15, 0.2) is 0 Å². The van der Waals surface area contributed by atoms with E-state index in [2.05, 4.69) is 5.32 Å². The molecule has 7 heteroatoms. The van der Waals surface area contributed by atoms with E-state index in [4.69, 9.17) is 5.73 Å². The lowest BCUT2D eigenvalue weighted by molar-refractivity contribution is -0.384. The van der Waals surface area contributed by atoms with E-state index in [9.17, 15) is 20.0 Å². The molecule has 0 spiro atoms. The highest BCUT2D eigenvalue weighted by Gasteiger charge is 2.15. The first-order valence-electron chi connectivity index (χ1n) is 6.54. The van der Waals surface area contributed by atoms with Crippen LogP contribution in [-0.2, 0) is 11.2 Å². The van der Waals surface area contributed by atoms with E-state index in [0.717, 1.165) is 5.56 Å². The van der Waals surface area contributed by atoms with Crippen LogP contribution < -0.4 is 11.1 Å². The molecule has 2 aromatic carbocycles. The van der Waals surface area contributed by atoms with Gasteiger partial charge in [-0.1, -0.05) is 12.1 Å². The summed E-state index contributed by atoms with van der Waals surface area (Å²) in [5.41, 5.74) is 7.09. The second-order valence-electron chi connectivity index (χ2n) is 4.77. The Morgan fingerprint density at radius 2 is 1.77 bits per heavy atom. The number of carbonyl (C=O) groups is 1. The molecule has 1 atom stereocenters. The smallest absolute Gasteiger partial charge is 0.269 e. The summed E-state index contributed by atoms with van der Waals surface area (Å²) in [6.07, 6.45) is 0.266. The number of aromatic hydroxyl groups is 1. The van der Waals surface area contributed by atoms with E-state index in [1.165, 1.54) is 24.3 Å². The topological polar surface area (TPSA) is 118 Å². The first-order valence-corrected chi connectivity index (χ1v) is 6.54. The molecule has 0 aliphatic carbocycles. The summed E-state index contributed by atoms with van der Waals surface area (Å²) < 4.78 is 0. The Morgan fingerprint density at radius 1 is 1.18 bits per heavy atom. The molecule has 0 radical (unpaired) electrons. The minimum absolute atomic E-state index is 0.00846. The molecule has 2 rings (SSSR count). The normalized spacial score (nSPS) is 11.7. The Bertz CT molecular complexity index is 668. The summed E-state index contributed by atoms with van der Waals surface area (Å²) in [5, 5.41) is 22.4. The first-order chi connectivity index (χ1) is 10.5. The lowest BCUT2D eigenvalue weighted by atomic mass is 10.1. The van der Waals surface area contributed by atoms with Gasteiger partial charge in [-0.2, -0.15) is 0 Å². The number of rotatable bonds is 5. The molecule has 2 aromatic rings. The van der Waals surface area contributed by atoms with Gasteiger partial charge in [-0.25, -0.2) is 0 Å². The van der Waals surface area contributed by atoms with Gasteiger partial charge in [0, 0.05) is 17.8 Å². The molecule has 0 aromatic heterocycles. The molecule has 1 amide bonds. The third kappa shape index (κ3) is 4.03. The minimum Gasteiger partial charge on any atom is -0.508 e. The lowest BCUT2D eigenvalue weighted by Crippen LogP contribution is -2.37. The number of phenolic OH excluding ortho intramolecular Hbond substituents is 1. The number of amides is 1. The molecular weight excluding hydrogens is 286 g/mol. The number of nitro groups is 1. The number of anilines is 1. The van der Waals surface area contributed by atoms with Crippen molar-refractivity contribution < 1.29 is 14.8 Å². The Balaban J connectivity index is 1.95. The van der Waals surface area contributed by atoms with Gasteiger partial charge < -0.3 is 16.2 Å². The Labute approximate surface area is 126 Å².